The zero-order chi connectivity index (χ0) is 22.3. The number of hydrogen-bond donors (Lipinski definition) is 2. The lowest BCUT2D eigenvalue weighted by Crippen LogP contribution is -2.43. The van der Waals surface area contributed by atoms with Crippen LogP contribution in [0.15, 0.2) is 42.5 Å². The van der Waals surface area contributed by atoms with Gasteiger partial charge in [0.05, 0.1) is 6.04 Å². The second kappa shape index (κ2) is 8.09. The number of para-hydroxylation sites is 1. The predicted molar refractivity (Wildman–Crippen MR) is 119 cm³/mol. The first-order valence-electron chi connectivity index (χ1n) is 10.1. The van der Waals surface area contributed by atoms with Crippen LogP contribution in [0.25, 0.3) is 17.0 Å². The monoisotopic (exact) mass is 444 g/mol. The van der Waals surface area contributed by atoms with Gasteiger partial charge in [0.25, 0.3) is 0 Å². The number of fused-ring (bicyclic) bond motifs is 3. The Bertz CT molecular complexity index is 1160. The Morgan fingerprint density at radius 3 is 2.77 bits per heavy atom. The quantitative estimate of drug-likeness (QED) is 0.492. The van der Waals surface area contributed by atoms with E-state index < -0.39 is 23.5 Å². The van der Waals surface area contributed by atoms with E-state index in [2.05, 4.69) is 4.98 Å². The molecule has 0 aliphatic carbocycles. The molecule has 0 saturated heterocycles. The normalized spacial score (nSPS) is 17.4. The summed E-state index contributed by atoms with van der Waals surface area (Å²) in [5.74, 6) is -1.69. The zero-order valence-electron chi connectivity index (χ0n) is 17.3. The highest BCUT2D eigenvalue weighted by molar-refractivity contribution is 6.31. The maximum absolute atomic E-state index is 15.4. The maximum Gasteiger partial charge on any atom is 0.328 e. The molecule has 1 unspecified atom stereocenters. The molecule has 4 rings (SSSR count). The number of aromatic amines is 1. The summed E-state index contributed by atoms with van der Waals surface area (Å²) in [6, 6.07) is 10.1. The van der Waals surface area contributed by atoms with Gasteiger partial charge in [0, 0.05) is 46.3 Å². The van der Waals surface area contributed by atoms with Gasteiger partial charge >= 0.3 is 5.97 Å². The van der Waals surface area contributed by atoms with E-state index in [4.69, 9.17) is 16.7 Å². The van der Waals surface area contributed by atoms with Gasteiger partial charge in [0.15, 0.2) is 0 Å². The van der Waals surface area contributed by atoms with Crippen LogP contribution in [-0.2, 0) is 11.2 Å². The number of benzene rings is 2. The number of H-pyrrole nitrogens is 1. The molecular formula is C24H23ClF2N2O2. The van der Waals surface area contributed by atoms with E-state index in [1.54, 1.807) is 0 Å². The van der Waals surface area contributed by atoms with E-state index in [0.717, 1.165) is 28.2 Å². The van der Waals surface area contributed by atoms with E-state index >= 15 is 4.39 Å². The van der Waals surface area contributed by atoms with Crippen molar-refractivity contribution in [3.8, 4) is 0 Å². The number of aliphatic carboxylic acids is 1. The van der Waals surface area contributed by atoms with Gasteiger partial charge in [-0.1, -0.05) is 29.8 Å². The average molecular weight is 445 g/mol. The van der Waals surface area contributed by atoms with Crippen LogP contribution in [0, 0.1) is 5.82 Å². The van der Waals surface area contributed by atoms with Crippen molar-refractivity contribution in [1.29, 1.82) is 0 Å². The summed E-state index contributed by atoms with van der Waals surface area (Å²) in [5, 5.41) is 10.1. The molecule has 2 heterocycles. The van der Waals surface area contributed by atoms with Crippen LogP contribution in [-0.4, -0.2) is 39.7 Å². The molecule has 1 aromatic heterocycles. The van der Waals surface area contributed by atoms with Crippen LogP contribution in [0.1, 0.15) is 42.3 Å². The highest BCUT2D eigenvalue weighted by atomic mass is 35.5. The van der Waals surface area contributed by atoms with Crippen LogP contribution in [0.3, 0.4) is 0 Å². The molecule has 31 heavy (non-hydrogen) atoms. The van der Waals surface area contributed by atoms with Crippen molar-refractivity contribution >= 4 is 34.5 Å². The van der Waals surface area contributed by atoms with Gasteiger partial charge in [-0.25, -0.2) is 13.6 Å². The first-order valence-corrected chi connectivity index (χ1v) is 10.4. The minimum absolute atomic E-state index is 0.114. The molecule has 0 amide bonds. The topological polar surface area (TPSA) is 56.3 Å². The number of nitrogens with zero attached hydrogens (tertiary/aromatic N) is 1. The third kappa shape index (κ3) is 4.36. The fourth-order valence-corrected chi connectivity index (χ4v) is 4.72. The smallest absolute Gasteiger partial charge is 0.328 e. The summed E-state index contributed by atoms with van der Waals surface area (Å²) in [4.78, 5) is 16.1. The Labute approximate surface area is 184 Å². The maximum atomic E-state index is 15.4. The van der Waals surface area contributed by atoms with E-state index in [-0.39, 0.29) is 17.1 Å². The highest BCUT2D eigenvalue weighted by Crippen LogP contribution is 2.42. The predicted octanol–water partition coefficient (Wildman–Crippen LogP) is 5.75. The molecule has 3 aromatic rings. The van der Waals surface area contributed by atoms with Crippen molar-refractivity contribution in [2.45, 2.75) is 32.0 Å². The van der Waals surface area contributed by atoms with Crippen LogP contribution < -0.4 is 0 Å². The van der Waals surface area contributed by atoms with Crippen molar-refractivity contribution in [2.75, 3.05) is 13.1 Å². The summed E-state index contributed by atoms with van der Waals surface area (Å²) in [6.45, 7) is 3.68. The molecule has 0 fully saturated rings. The SMILES string of the molecule is CC(C)(F)CN1CCc2c([nH]c3ccccc23)C1c1c(F)cc(/C=C/C(=O)O)cc1Cl. The number of carboxylic acid groups (broad SMARTS) is 1. The lowest BCUT2D eigenvalue weighted by Gasteiger charge is -2.39. The third-order valence-electron chi connectivity index (χ3n) is 5.51. The number of hydrogen-bond acceptors (Lipinski definition) is 2. The lowest BCUT2D eigenvalue weighted by atomic mass is 9.90. The average Bonchev–Trinajstić information content (AvgIpc) is 3.05. The molecule has 2 N–H and O–H groups in total. The molecule has 4 nitrogen and oxygen atoms in total. The Morgan fingerprint density at radius 2 is 2.10 bits per heavy atom. The molecule has 1 atom stereocenters. The van der Waals surface area contributed by atoms with E-state index in [1.165, 1.54) is 32.1 Å². The largest absolute Gasteiger partial charge is 0.478 e. The molecule has 0 saturated carbocycles. The number of rotatable bonds is 5. The van der Waals surface area contributed by atoms with E-state index in [9.17, 15) is 9.18 Å². The van der Waals surface area contributed by atoms with Crippen molar-refractivity contribution in [3.05, 3.63) is 75.7 Å². The summed E-state index contributed by atoms with van der Waals surface area (Å²) in [5.41, 5.74) is 1.96. The zero-order valence-corrected chi connectivity index (χ0v) is 18.0. The molecule has 0 radical (unpaired) electrons. The number of nitrogens with one attached hydrogen (secondary N) is 1. The van der Waals surface area contributed by atoms with Gasteiger partial charge in [-0.2, -0.15) is 0 Å². The first-order chi connectivity index (χ1) is 14.6. The fraction of sp³-hybridized carbons (Fsp3) is 0.292. The number of aromatic nitrogens is 1. The molecule has 1 aliphatic heterocycles. The van der Waals surface area contributed by atoms with Gasteiger partial charge in [-0.05, 0) is 55.7 Å². The fourth-order valence-electron chi connectivity index (χ4n) is 4.40. The molecular weight excluding hydrogens is 422 g/mol. The molecule has 0 spiro atoms. The number of halogens is 3. The van der Waals surface area contributed by atoms with Gasteiger partial charge < -0.3 is 10.1 Å². The third-order valence-corrected chi connectivity index (χ3v) is 5.82. The van der Waals surface area contributed by atoms with Gasteiger partial charge in [0.2, 0.25) is 0 Å². The van der Waals surface area contributed by atoms with Crippen molar-refractivity contribution in [1.82, 2.24) is 9.88 Å². The number of alkyl halides is 1. The summed E-state index contributed by atoms with van der Waals surface area (Å²) in [6.07, 6.45) is 2.93. The van der Waals surface area contributed by atoms with Crippen molar-refractivity contribution in [2.24, 2.45) is 0 Å². The van der Waals surface area contributed by atoms with Crippen LogP contribution in [0.2, 0.25) is 5.02 Å². The van der Waals surface area contributed by atoms with Crippen LogP contribution in [0.4, 0.5) is 8.78 Å². The van der Waals surface area contributed by atoms with E-state index in [0.29, 0.717) is 18.5 Å². The highest BCUT2D eigenvalue weighted by Gasteiger charge is 2.37. The molecule has 2 aromatic carbocycles. The van der Waals surface area contributed by atoms with Gasteiger partial charge in [-0.15, -0.1) is 0 Å². The second-order valence-corrected chi connectivity index (χ2v) is 8.88. The summed E-state index contributed by atoms with van der Waals surface area (Å²) < 4.78 is 30.0. The Kier molecular flexibility index (Phi) is 5.62. The van der Waals surface area contributed by atoms with Crippen LogP contribution >= 0.6 is 11.6 Å². The lowest BCUT2D eigenvalue weighted by molar-refractivity contribution is -0.131. The Hall–Kier alpha value is -2.70. The van der Waals surface area contributed by atoms with Crippen molar-refractivity contribution in [3.63, 3.8) is 0 Å². The summed E-state index contributed by atoms with van der Waals surface area (Å²) in [7, 11) is 0. The molecule has 1 aliphatic rings. The van der Waals surface area contributed by atoms with Gasteiger partial charge in [0.1, 0.15) is 11.5 Å². The molecule has 0 bridgehead atoms. The van der Waals surface area contributed by atoms with Crippen LogP contribution in [0.5, 0.6) is 0 Å². The molecule has 162 valence electrons. The minimum Gasteiger partial charge on any atom is -0.478 e. The Morgan fingerprint density at radius 1 is 1.35 bits per heavy atom. The Balaban J connectivity index is 1.88. The van der Waals surface area contributed by atoms with Crippen molar-refractivity contribution < 1.29 is 18.7 Å². The van der Waals surface area contributed by atoms with E-state index in [1.807, 2.05) is 29.2 Å². The second-order valence-electron chi connectivity index (χ2n) is 8.47. The summed E-state index contributed by atoms with van der Waals surface area (Å²) >= 11 is 6.53. The standard InChI is InChI=1S/C24H23ClF2N2O2/c1-24(2,27)13-29-10-9-16-15-5-3-4-6-19(15)28-22(16)23(29)21-17(25)11-14(12-18(21)26)7-8-20(30)31/h3-8,11-12,23,28H,9-10,13H2,1-2H3,(H,30,31)/b8-7+. The molecule has 7 heteroatoms. The van der Waals surface area contributed by atoms with Gasteiger partial charge in [-0.3, -0.25) is 4.90 Å². The minimum atomic E-state index is -1.48. The number of carboxylic acids is 1. The number of carbonyl (C=O) groups is 1. The first kappa shape index (κ1) is 21.5.